The summed E-state index contributed by atoms with van der Waals surface area (Å²) < 4.78 is 0. The second-order valence-electron chi connectivity index (χ2n) is 4.83. The number of rotatable bonds is 4. The predicted octanol–water partition coefficient (Wildman–Crippen LogP) is 1.18. The zero-order valence-corrected chi connectivity index (χ0v) is 10.5. The summed E-state index contributed by atoms with van der Waals surface area (Å²) in [5.41, 5.74) is 1.39. The molecular weight excluding hydrogens is 212 g/mol. The normalized spacial score (nSPS) is 20.4. The number of hydrogen-bond acceptors (Lipinski definition) is 3. The molecule has 1 aromatic rings. The van der Waals surface area contributed by atoms with Crippen LogP contribution in [0.25, 0.3) is 0 Å². The molecule has 1 heterocycles. The SMILES string of the molecule is CC(CO)N1CCN(Cc2ccccc2)CC1. The third-order valence-electron chi connectivity index (χ3n) is 3.54. The minimum absolute atomic E-state index is 0.263. The number of piperazine rings is 1. The van der Waals surface area contributed by atoms with E-state index in [1.807, 2.05) is 0 Å². The zero-order valence-electron chi connectivity index (χ0n) is 10.5. The Balaban J connectivity index is 1.80. The molecule has 1 saturated heterocycles. The van der Waals surface area contributed by atoms with Crippen molar-refractivity contribution in [1.82, 2.24) is 9.80 Å². The summed E-state index contributed by atoms with van der Waals surface area (Å²) in [5.74, 6) is 0. The highest BCUT2D eigenvalue weighted by molar-refractivity contribution is 5.14. The fraction of sp³-hybridized carbons (Fsp3) is 0.571. The van der Waals surface area contributed by atoms with Crippen LogP contribution in [0.3, 0.4) is 0 Å². The highest BCUT2D eigenvalue weighted by atomic mass is 16.3. The lowest BCUT2D eigenvalue weighted by Crippen LogP contribution is -2.50. The highest BCUT2D eigenvalue weighted by Gasteiger charge is 2.20. The molecule has 1 fully saturated rings. The van der Waals surface area contributed by atoms with Gasteiger partial charge in [-0.15, -0.1) is 0 Å². The number of aliphatic hydroxyl groups is 1. The topological polar surface area (TPSA) is 26.7 Å². The summed E-state index contributed by atoms with van der Waals surface area (Å²) in [6.07, 6.45) is 0. The van der Waals surface area contributed by atoms with Gasteiger partial charge in [-0.2, -0.15) is 0 Å². The number of nitrogens with zero attached hydrogens (tertiary/aromatic N) is 2. The van der Waals surface area contributed by atoms with Crippen molar-refractivity contribution in [1.29, 1.82) is 0 Å². The second kappa shape index (κ2) is 6.15. The first kappa shape index (κ1) is 12.6. The van der Waals surface area contributed by atoms with Gasteiger partial charge in [0.25, 0.3) is 0 Å². The molecule has 0 aliphatic carbocycles. The van der Waals surface area contributed by atoms with Crippen LogP contribution in [0.4, 0.5) is 0 Å². The Morgan fingerprint density at radius 2 is 1.76 bits per heavy atom. The summed E-state index contributed by atoms with van der Waals surface area (Å²) >= 11 is 0. The molecule has 1 aliphatic heterocycles. The van der Waals surface area contributed by atoms with Crippen LogP contribution in [0.15, 0.2) is 30.3 Å². The maximum Gasteiger partial charge on any atom is 0.0584 e. The fourth-order valence-electron chi connectivity index (χ4n) is 2.32. The molecular formula is C14H22N2O. The molecule has 1 N–H and O–H groups in total. The Kier molecular flexibility index (Phi) is 4.54. The number of aliphatic hydroxyl groups excluding tert-OH is 1. The molecule has 1 unspecified atom stereocenters. The van der Waals surface area contributed by atoms with E-state index in [0.717, 1.165) is 32.7 Å². The summed E-state index contributed by atoms with van der Waals surface area (Å²) in [6, 6.07) is 10.9. The molecule has 1 aliphatic rings. The maximum absolute atomic E-state index is 9.13. The molecule has 3 heteroatoms. The number of hydrogen-bond donors (Lipinski definition) is 1. The van der Waals surface area contributed by atoms with Crippen molar-refractivity contribution in [2.24, 2.45) is 0 Å². The lowest BCUT2D eigenvalue weighted by Gasteiger charge is -2.37. The van der Waals surface area contributed by atoms with Crippen LogP contribution in [0.2, 0.25) is 0 Å². The zero-order chi connectivity index (χ0) is 12.1. The van der Waals surface area contributed by atoms with Gasteiger partial charge in [-0.1, -0.05) is 30.3 Å². The predicted molar refractivity (Wildman–Crippen MR) is 69.8 cm³/mol. The molecule has 0 amide bonds. The quantitative estimate of drug-likeness (QED) is 0.847. The van der Waals surface area contributed by atoms with E-state index in [0.29, 0.717) is 6.04 Å². The summed E-state index contributed by atoms with van der Waals surface area (Å²) in [4.78, 5) is 4.84. The largest absolute Gasteiger partial charge is 0.395 e. The van der Waals surface area contributed by atoms with Gasteiger partial charge in [0.1, 0.15) is 0 Å². The van der Waals surface area contributed by atoms with Gasteiger partial charge in [0.05, 0.1) is 6.61 Å². The van der Waals surface area contributed by atoms with E-state index in [2.05, 4.69) is 47.1 Å². The van der Waals surface area contributed by atoms with Crippen molar-refractivity contribution in [2.75, 3.05) is 32.8 Å². The van der Waals surface area contributed by atoms with Crippen LogP contribution >= 0.6 is 0 Å². The van der Waals surface area contributed by atoms with E-state index in [1.165, 1.54) is 5.56 Å². The molecule has 2 rings (SSSR count). The maximum atomic E-state index is 9.13. The number of benzene rings is 1. The van der Waals surface area contributed by atoms with Crippen LogP contribution in [0, 0.1) is 0 Å². The van der Waals surface area contributed by atoms with Crippen molar-refractivity contribution in [3.05, 3.63) is 35.9 Å². The summed E-state index contributed by atoms with van der Waals surface area (Å²) in [5, 5.41) is 9.13. The van der Waals surface area contributed by atoms with Gasteiger partial charge in [-0.25, -0.2) is 0 Å². The Bertz CT molecular complexity index is 320. The molecule has 1 aromatic carbocycles. The van der Waals surface area contributed by atoms with E-state index < -0.39 is 0 Å². The Hall–Kier alpha value is -0.900. The van der Waals surface area contributed by atoms with Gasteiger partial charge in [0.2, 0.25) is 0 Å². The minimum Gasteiger partial charge on any atom is -0.395 e. The highest BCUT2D eigenvalue weighted by Crippen LogP contribution is 2.10. The van der Waals surface area contributed by atoms with Crippen molar-refractivity contribution in [3.63, 3.8) is 0 Å². The average molecular weight is 234 g/mol. The lowest BCUT2D eigenvalue weighted by atomic mass is 10.2. The van der Waals surface area contributed by atoms with Crippen molar-refractivity contribution in [2.45, 2.75) is 19.5 Å². The molecule has 0 saturated carbocycles. The third-order valence-corrected chi connectivity index (χ3v) is 3.54. The Labute approximate surface area is 104 Å². The van der Waals surface area contributed by atoms with Crippen LogP contribution in [0.1, 0.15) is 12.5 Å². The van der Waals surface area contributed by atoms with Crippen LogP contribution in [-0.4, -0.2) is 53.7 Å². The van der Waals surface area contributed by atoms with E-state index >= 15 is 0 Å². The van der Waals surface area contributed by atoms with Gasteiger partial charge in [0.15, 0.2) is 0 Å². The van der Waals surface area contributed by atoms with Crippen LogP contribution in [-0.2, 0) is 6.54 Å². The van der Waals surface area contributed by atoms with Gasteiger partial charge in [0, 0.05) is 38.8 Å². The van der Waals surface area contributed by atoms with Crippen LogP contribution < -0.4 is 0 Å². The molecule has 1 atom stereocenters. The van der Waals surface area contributed by atoms with Crippen molar-refractivity contribution < 1.29 is 5.11 Å². The van der Waals surface area contributed by atoms with Gasteiger partial charge < -0.3 is 5.11 Å². The van der Waals surface area contributed by atoms with Gasteiger partial charge in [-0.3, -0.25) is 9.80 Å². The summed E-state index contributed by atoms with van der Waals surface area (Å²) in [6.45, 7) is 7.72. The lowest BCUT2D eigenvalue weighted by molar-refractivity contribution is 0.0702. The molecule has 0 aromatic heterocycles. The van der Waals surface area contributed by atoms with Crippen molar-refractivity contribution >= 4 is 0 Å². The van der Waals surface area contributed by atoms with E-state index in [4.69, 9.17) is 5.11 Å². The van der Waals surface area contributed by atoms with Crippen molar-refractivity contribution in [3.8, 4) is 0 Å². The fourth-order valence-corrected chi connectivity index (χ4v) is 2.32. The molecule has 0 bridgehead atoms. The molecule has 0 spiro atoms. The summed E-state index contributed by atoms with van der Waals surface area (Å²) in [7, 11) is 0. The Morgan fingerprint density at radius 1 is 1.12 bits per heavy atom. The first-order valence-corrected chi connectivity index (χ1v) is 6.41. The Morgan fingerprint density at radius 3 is 2.35 bits per heavy atom. The van der Waals surface area contributed by atoms with E-state index in [9.17, 15) is 0 Å². The first-order chi connectivity index (χ1) is 8.29. The minimum atomic E-state index is 0.263. The van der Waals surface area contributed by atoms with E-state index in [1.54, 1.807) is 0 Å². The monoisotopic (exact) mass is 234 g/mol. The first-order valence-electron chi connectivity index (χ1n) is 6.41. The van der Waals surface area contributed by atoms with E-state index in [-0.39, 0.29) is 6.61 Å². The average Bonchev–Trinajstić information content (AvgIpc) is 2.40. The molecule has 0 radical (unpaired) electrons. The van der Waals surface area contributed by atoms with Crippen LogP contribution in [0.5, 0.6) is 0 Å². The third kappa shape index (κ3) is 3.53. The molecule has 17 heavy (non-hydrogen) atoms. The molecule has 94 valence electrons. The smallest absolute Gasteiger partial charge is 0.0584 e. The second-order valence-corrected chi connectivity index (χ2v) is 4.83. The van der Waals surface area contributed by atoms with Gasteiger partial charge >= 0.3 is 0 Å². The standard InChI is InChI=1S/C14H22N2O/c1-13(12-17)16-9-7-15(8-10-16)11-14-5-3-2-4-6-14/h2-6,13,17H,7-12H2,1H3. The van der Waals surface area contributed by atoms with Gasteiger partial charge in [-0.05, 0) is 12.5 Å². The molecule has 3 nitrogen and oxygen atoms in total.